The van der Waals surface area contributed by atoms with E-state index < -0.39 is 0 Å². The second-order valence-electron chi connectivity index (χ2n) is 5.33. The van der Waals surface area contributed by atoms with Crippen LogP contribution in [0, 0.1) is 0 Å². The third kappa shape index (κ3) is 5.04. The van der Waals surface area contributed by atoms with Gasteiger partial charge >= 0.3 is 0 Å². The van der Waals surface area contributed by atoms with E-state index in [1.54, 1.807) is 6.92 Å². The van der Waals surface area contributed by atoms with Crippen LogP contribution < -0.4 is 5.32 Å². The summed E-state index contributed by atoms with van der Waals surface area (Å²) in [6, 6.07) is 0.344. The lowest BCUT2D eigenvalue weighted by Gasteiger charge is -2.33. The molecule has 4 nitrogen and oxygen atoms in total. The molecule has 2 unspecified atom stereocenters. The number of hydrogen-bond donors (Lipinski definition) is 2. The highest BCUT2D eigenvalue weighted by Crippen LogP contribution is 2.13. The highest BCUT2D eigenvalue weighted by atomic mass is 16.3. The van der Waals surface area contributed by atoms with Crippen molar-refractivity contribution in [1.29, 1.82) is 0 Å². The summed E-state index contributed by atoms with van der Waals surface area (Å²) in [5.41, 5.74) is 0. The molecule has 0 spiro atoms. The van der Waals surface area contributed by atoms with E-state index in [9.17, 15) is 9.90 Å². The van der Waals surface area contributed by atoms with Gasteiger partial charge in [0.15, 0.2) is 0 Å². The molecular weight excluding hydrogens is 216 g/mol. The van der Waals surface area contributed by atoms with Crippen LogP contribution in [0.1, 0.15) is 46.5 Å². The summed E-state index contributed by atoms with van der Waals surface area (Å²) in [4.78, 5) is 14.1. The number of nitrogens with zero attached hydrogens (tertiary/aromatic N) is 1. The number of likely N-dealkylation sites (tertiary alicyclic amines) is 1. The van der Waals surface area contributed by atoms with E-state index in [0.717, 1.165) is 38.8 Å². The minimum Gasteiger partial charge on any atom is -0.393 e. The highest BCUT2D eigenvalue weighted by Gasteiger charge is 2.28. The van der Waals surface area contributed by atoms with Crippen LogP contribution in [-0.2, 0) is 4.79 Å². The molecule has 0 aromatic rings. The third-order valence-electron chi connectivity index (χ3n) is 3.12. The first-order chi connectivity index (χ1) is 8.00. The molecule has 1 heterocycles. The average Bonchev–Trinajstić information content (AvgIpc) is 2.22. The van der Waals surface area contributed by atoms with Crippen molar-refractivity contribution in [1.82, 2.24) is 10.2 Å². The number of hydrogen-bond acceptors (Lipinski definition) is 3. The Labute approximate surface area is 104 Å². The summed E-state index contributed by atoms with van der Waals surface area (Å²) in [5.74, 6) is 0.232. The fraction of sp³-hybridized carbons (Fsp3) is 0.923. The van der Waals surface area contributed by atoms with Gasteiger partial charge in [-0.25, -0.2) is 0 Å². The maximum absolute atomic E-state index is 12.1. The van der Waals surface area contributed by atoms with E-state index in [4.69, 9.17) is 0 Å². The molecule has 1 rings (SSSR count). The molecule has 100 valence electrons. The number of carbonyl (C=O) groups excluding carboxylic acids is 1. The molecular formula is C13H26N2O2. The smallest absolute Gasteiger partial charge is 0.239 e. The van der Waals surface area contributed by atoms with Crippen LogP contribution in [0.3, 0.4) is 0 Å². The van der Waals surface area contributed by atoms with Gasteiger partial charge in [0.1, 0.15) is 0 Å². The summed E-state index contributed by atoms with van der Waals surface area (Å²) in [7, 11) is 0. The van der Waals surface area contributed by atoms with Crippen molar-refractivity contribution in [2.75, 3.05) is 13.1 Å². The fourth-order valence-corrected chi connectivity index (χ4v) is 2.30. The lowest BCUT2D eigenvalue weighted by atomic mass is 10.0. The molecule has 0 saturated carbocycles. The first-order valence-corrected chi connectivity index (χ1v) is 6.73. The zero-order valence-electron chi connectivity index (χ0n) is 11.3. The Balaban J connectivity index is 2.36. The van der Waals surface area contributed by atoms with Crippen molar-refractivity contribution in [2.45, 2.75) is 64.6 Å². The quantitative estimate of drug-likeness (QED) is 0.734. The Morgan fingerprint density at radius 2 is 2.18 bits per heavy atom. The maximum Gasteiger partial charge on any atom is 0.239 e. The number of carbonyl (C=O) groups is 1. The molecule has 0 aliphatic carbocycles. The second kappa shape index (κ2) is 6.97. The summed E-state index contributed by atoms with van der Waals surface area (Å²) in [6.07, 6.45) is 3.41. The zero-order valence-corrected chi connectivity index (χ0v) is 11.3. The minimum absolute atomic E-state index is 0.00435. The Morgan fingerprint density at radius 3 is 2.76 bits per heavy atom. The molecule has 1 aliphatic rings. The van der Waals surface area contributed by atoms with Gasteiger partial charge in [-0.05, 0) is 32.6 Å². The van der Waals surface area contributed by atoms with Gasteiger partial charge in [-0.15, -0.1) is 0 Å². The average molecular weight is 242 g/mol. The van der Waals surface area contributed by atoms with Gasteiger partial charge in [0.05, 0.1) is 12.1 Å². The van der Waals surface area contributed by atoms with Crippen molar-refractivity contribution in [2.24, 2.45) is 0 Å². The molecule has 1 aliphatic heterocycles. The van der Waals surface area contributed by atoms with Gasteiger partial charge < -0.3 is 15.3 Å². The van der Waals surface area contributed by atoms with Crippen LogP contribution in [-0.4, -0.2) is 47.2 Å². The van der Waals surface area contributed by atoms with Crippen LogP contribution in [0.5, 0.6) is 0 Å². The van der Waals surface area contributed by atoms with Crippen LogP contribution in [0.15, 0.2) is 0 Å². The number of piperidine rings is 1. The first-order valence-electron chi connectivity index (χ1n) is 6.73. The number of rotatable bonds is 6. The molecule has 4 heteroatoms. The van der Waals surface area contributed by atoms with Gasteiger partial charge in [0.25, 0.3) is 0 Å². The molecule has 2 atom stereocenters. The summed E-state index contributed by atoms with van der Waals surface area (Å²) in [6.45, 7) is 7.58. The van der Waals surface area contributed by atoms with E-state index >= 15 is 0 Å². The molecule has 1 saturated heterocycles. The van der Waals surface area contributed by atoms with Crippen molar-refractivity contribution in [3.63, 3.8) is 0 Å². The normalized spacial score (nSPS) is 23.2. The number of aliphatic hydroxyl groups excluding tert-OH is 1. The molecule has 2 N–H and O–H groups in total. The van der Waals surface area contributed by atoms with Gasteiger partial charge in [-0.1, -0.05) is 13.8 Å². The lowest BCUT2D eigenvalue weighted by Crippen LogP contribution is -2.52. The predicted octanol–water partition coefficient (Wildman–Crippen LogP) is 1.14. The minimum atomic E-state index is -0.264. The van der Waals surface area contributed by atoms with E-state index in [-0.39, 0.29) is 18.1 Å². The molecule has 1 amide bonds. The van der Waals surface area contributed by atoms with Gasteiger partial charge in [-0.3, -0.25) is 4.79 Å². The van der Waals surface area contributed by atoms with Crippen LogP contribution in [0.2, 0.25) is 0 Å². The molecule has 0 aromatic carbocycles. The highest BCUT2D eigenvalue weighted by molar-refractivity contribution is 5.82. The molecule has 0 radical (unpaired) electrons. The van der Waals surface area contributed by atoms with Gasteiger partial charge in [-0.2, -0.15) is 0 Å². The summed E-state index contributed by atoms with van der Waals surface area (Å²) >= 11 is 0. The lowest BCUT2D eigenvalue weighted by molar-refractivity contribution is -0.136. The SMILES string of the molecule is CC(O)CCCN1CCCC(NC(C)C)C1=O. The molecule has 0 aromatic heterocycles. The van der Waals surface area contributed by atoms with Gasteiger partial charge in [0, 0.05) is 19.1 Å². The van der Waals surface area contributed by atoms with Crippen molar-refractivity contribution in [3.8, 4) is 0 Å². The number of amides is 1. The van der Waals surface area contributed by atoms with Crippen molar-refractivity contribution in [3.05, 3.63) is 0 Å². The maximum atomic E-state index is 12.1. The van der Waals surface area contributed by atoms with E-state index in [1.165, 1.54) is 0 Å². The van der Waals surface area contributed by atoms with Crippen LogP contribution in [0.4, 0.5) is 0 Å². The Hall–Kier alpha value is -0.610. The number of aliphatic hydroxyl groups is 1. The molecule has 1 fully saturated rings. The Bertz CT molecular complexity index is 242. The predicted molar refractivity (Wildman–Crippen MR) is 68.8 cm³/mol. The van der Waals surface area contributed by atoms with Crippen LogP contribution >= 0.6 is 0 Å². The topological polar surface area (TPSA) is 52.6 Å². The van der Waals surface area contributed by atoms with Crippen molar-refractivity contribution < 1.29 is 9.90 Å². The van der Waals surface area contributed by atoms with E-state index in [1.807, 2.05) is 4.90 Å². The largest absolute Gasteiger partial charge is 0.393 e. The fourth-order valence-electron chi connectivity index (χ4n) is 2.30. The van der Waals surface area contributed by atoms with Crippen molar-refractivity contribution >= 4 is 5.91 Å². The van der Waals surface area contributed by atoms with Crippen LogP contribution in [0.25, 0.3) is 0 Å². The monoisotopic (exact) mass is 242 g/mol. The van der Waals surface area contributed by atoms with E-state index in [0.29, 0.717) is 6.04 Å². The summed E-state index contributed by atoms with van der Waals surface area (Å²) < 4.78 is 0. The Morgan fingerprint density at radius 1 is 1.47 bits per heavy atom. The molecule has 0 bridgehead atoms. The zero-order chi connectivity index (χ0) is 12.8. The van der Waals surface area contributed by atoms with Gasteiger partial charge in [0.2, 0.25) is 5.91 Å². The third-order valence-corrected chi connectivity index (χ3v) is 3.12. The first kappa shape index (κ1) is 14.5. The Kier molecular flexibility index (Phi) is 5.92. The molecule has 17 heavy (non-hydrogen) atoms. The number of nitrogens with one attached hydrogen (secondary N) is 1. The standard InChI is InChI=1S/C13H26N2O2/c1-10(2)14-12-7-5-9-15(13(12)17)8-4-6-11(3)16/h10-12,14,16H,4-9H2,1-3H3. The van der Waals surface area contributed by atoms with E-state index in [2.05, 4.69) is 19.2 Å². The summed E-state index contributed by atoms with van der Waals surface area (Å²) in [5, 5.41) is 12.5. The second-order valence-corrected chi connectivity index (χ2v) is 5.33.